The fraction of sp³-hybridized carbons (Fsp3) is 0.562. The van der Waals surface area contributed by atoms with E-state index in [4.69, 9.17) is 10.5 Å². The predicted octanol–water partition coefficient (Wildman–Crippen LogP) is 0.934. The molecule has 0 aromatic heterocycles. The van der Waals surface area contributed by atoms with Gasteiger partial charge in [0.15, 0.2) is 0 Å². The number of hydrogen-bond acceptors (Lipinski definition) is 4. The van der Waals surface area contributed by atoms with Crippen molar-refractivity contribution < 1.29 is 9.53 Å². The second kappa shape index (κ2) is 7.43. The standard InChI is InChI=1S/C16H25N3O2/c1-3-21-15-7-5-4-6-13(15)11-19-9-8-18(2)10-14(12-19)16(17)20/h4-7,14H,3,8-12H2,1-2H3,(H2,17,20)/t14-/m0/s1. The number of nitrogens with zero attached hydrogens (tertiary/aromatic N) is 2. The van der Waals surface area contributed by atoms with E-state index in [0.717, 1.165) is 37.5 Å². The second-order valence-electron chi connectivity index (χ2n) is 5.64. The molecule has 2 rings (SSSR count). The summed E-state index contributed by atoms with van der Waals surface area (Å²) in [5.41, 5.74) is 6.67. The molecular weight excluding hydrogens is 266 g/mol. The molecule has 21 heavy (non-hydrogen) atoms. The molecule has 0 bridgehead atoms. The van der Waals surface area contributed by atoms with Crippen molar-refractivity contribution in [3.05, 3.63) is 29.8 Å². The summed E-state index contributed by atoms with van der Waals surface area (Å²) in [6.45, 7) is 6.75. The third-order valence-electron chi connectivity index (χ3n) is 3.88. The highest BCUT2D eigenvalue weighted by atomic mass is 16.5. The molecule has 0 aliphatic carbocycles. The van der Waals surface area contributed by atoms with Crippen molar-refractivity contribution in [3.8, 4) is 5.75 Å². The molecule has 1 aliphatic heterocycles. The average molecular weight is 291 g/mol. The minimum atomic E-state index is -0.216. The lowest BCUT2D eigenvalue weighted by Gasteiger charge is -2.23. The van der Waals surface area contributed by atoms with E-state index in [1.165, 1.54) is 0 Å². The summed E-state index contributed by atoms with van der Waals surface area (Å²) in [6, 6.07) is 8.08. The number of ether oxygens (including phenoxy) is 1. The summed E-state index contributed by atoms with van der Waals surface area (Å²) in [7, 11) is 2.04. The lowest BCUT2D eigenvalue weighted by atomic mass is 10.1. The molecule has 1 fully saturated rings. The molecule has 1 heterocycles. The van der Waals surface area contributed by atoms with Gasteiger partial charge in [-0.15, -0.1) is 0 Å². The Morgan fingerprint density at radius 2 is 2.10 bits per heavy atom. The minimum Gasteiger partial charge on any atom is -0.494 e. The number of carbonyl (C=O) groups is 1. The third kappa shape index (κ3) is 4.44. The fourth-order valence-electron chi connectivity index (χ4n) is 2.74. The van der Waals surface area contributed by atoms with Gasteiger partial charge in [0.1, 0.15) is 5.75 Å². The first-order chi connectivity index (χ1) is 10.1. The minimum absolute atomic E-state index is 0.114. The summed E-state index contributed by atoms with van der Waals surface area (Å²) in [5.74, 6) is 0.594. The van der Waals surface area contributed by atoms with Gasteiger partial charge in [-0.2, -0.15) is 0 Å². The number of benzene rings is 1. The van der Waals surface area contributed by atoms with Gasteiger partial charge in [0, 0.05) is 38.3 Å². The van der Waals surface area contributed by atoms with Crippen LogP contribution in [0.25, 0.3) is 0 Å². The monoisotopic (exact) mass is 291 g/mol. The maximum absolute atomic E-state index is 11.6. The Labute approximate surface area is 126 Å². The SMILES string of the molecule is CCOc1ccccc1CN1CCN(C)C[C@H](C(N)=O)C1. The van der Waals surface area contributed by atoms with Crippen LogP contribution in [0.3, 0.4) is 0 Å². The van der Waals surface area contributed by atoms with Gasteiger partial charge < -0.3 is 15.4 Å². The molecule has 1 aliphatic rings. The Hall–Kier alpha value is -1.59. The van der Waals surface area contributed by atoms with Crippen molar-refractivity contribution in [2.45, 2.75) is 13.5 Å². The molecule has 1 aromatic rings. The van der Waals surface area contributed by atoms with E-state index in [1.807, 2.05) is 32.2 Å². The van der Waals surface area contributed by atoms with Crippen LogP contribution in [0.4, 0.5) is 0 Å². The molecule has 0 unspecified atom stereocenters. The van der Waals surface area contributed by atoms with Crippen molar-refractivity contribution in [2.75, 3.05) is 39.8 Å². The molecule has 1 amide bonds. The van der Waals surface area contributed by atoms with Gasteiger partial charge in [-0.1, -0.05) is 18.2 Å². The van der Waals surface area contributed by atoms with Crippen LogP contribution in [0.15, 0.2) is 24.3 Å². The number of rotatable bonds is 5. The molecule has 0 saturated carbocycles. The quantitative estimate of drug-likeness (QED) is 0.877. The van der Waals surface area contributed by atoms with Crippen LogP contribution in [0.1, 0.15) is 12.5 Å². The zero-order valence-corrected chi connectivity index (χ0v) is 12.9. The molecule has 2 N–H and O–H groups in total. The van der Waals surface area contributed by atoms with Crippen LogP contribution >= 0.6 is 0 Å². The fourth-order valence-corrected chi connectivity index (χ4v) is 2.74. The van der Waals surface area contributed by atoms with Crippen molar-refractivity contribution in [1.82, 2.24) is 9.80 Å². The number of amides is 1. The number of primary amides is 1. The van der Waals surface area contributed by atoms with E-state index >= 15 is 0 Å². The smallest absolute Gasteiger partial charge is 0.223 e. The highest BCUT2D eigenvalue weighted by Gasteiger charge is 2.25. The molecular formula is C16H25N3O2. The largest absolute Gasteiger partial charge is 0.494 e. The van der Waals surface area contributed by atoms with E-state index in [9.17, 15) is 4.79 Å². The molecule has 1 atom stereocenters. The number of likely N-dealkylation sites (N-methyl/N-ethyl adjacent to an activating group) is 1. The molecule has 0 radical (unpaired) electrons. The Morgan fingerprint density at radius 3 is 2.81 bits per heavy atom. The summed E-state index contributed by atoms with van der Waals surface area (Å²) in [5, 5.41) is 0. The summed E-state index contributed by atoms with van der Waals surface area (Å²) in [6.07, 6.45) is 0. The van der Waals surface area contributed by atoms with Gasteiger partial charge in [-0.25, -0.2) is 0 Å². The van der Waals surface area contributed by atoms with E-state index in [1.54, 1.807) is 0 Å². The normalized spacial score (nSPS) is 21.0. The summed E-state index contributed by atoms with van der Waals surface area (Å²) < 4.78 is 5.68. The maximum Gasteiger partial charge on any atom is 0.223 e. The molecule has 1 aromatic carbocycles. The third-order valence-corrected chi connectivity index (χ3v) is 3.88. The Morgan fingerprint density at radius 1 is 1.33 bits per heavy atom. The van der Waals surface area contributed by atoms with E-state index in [-0.39, 0.29) is 11.8 Å². The topological polar surface area (TPSA) is 58.8 Å². The second-order valence-corrected chi connectivity index (χ2v) is 5.64. The van der Waals surface area contributed by atoms with Gasteiger partial charge in [-0.05, 0) is 20.0 Å². The van der Waals surface area contributed by atoms with Crippen molar-refractivity contribution >= 4 is 5.91 Å². The van der Waals surface area contributed by atoms with Crippen molar-refractivity contribution in [3.63, 3.8) is 0 Å². The predicted molar refractivity (Wildman–Crippen MR) is 83.1 cm³/mol. The average Bonchev–Trinajstić information content (AvgIpc) is 2.64. The van der Waals surface area contributed by atoms with Gasteiger partial charge in [0.2, 0.25) is 5.91 Å². The van der Waals surface area contributed by atoms with Crippen LogP contribution in [0.2, 0.25) is 0 Å². The Bertz CT molecular complexity index is 478. The number of carbonyl (C=O) groups excluding carboxylic acids is 1. The first kappa shape index (κ1) is 15.8. The van der Waals surface area contributed by atoms with E-state index in [2.05, 4.69) is 15.9 Å². The Balaban J connectivity index is 2.09. The Kier molecular flexibility index (Phi) is 5.59. The van der Waals surface area contributed by atoms with Crippen molar-refractivity contribution in [2.24, 2.45) is 11.7 Å². The lowest BCUT2D eigenvalue weighted by Crippen LogP contribution is -2.37. The van der Waals surface area contributed by atoms with Crippen molar-refractivity contribution in [1.29, 1.82) is 0 Å². The number of hydrogen-bond donors (Lipinski definition) is 1. The molecule has 5 nitrogen and oxygen atoms in total. The van der Waals surface area contributed by atoms with E-state index in [0.29, 0.717) is 13.2 Å². The molecule has 0 spiro atoms. The first-order valence-electron chi connectivity index (χ1n) is 7.51. The number of para-hydroxylation sites is 1. The highest BCUT2D eigenvalue weighted by molar-refractivity contribution is 5.77. The van der Waals surface area contributed by atoms with Gasteiger partial charge in [0.05, 0.1) is 12.5 Å². The molecule has 5 heteroatoms. The summed E-state index contributed by atoms with van der Waals surface area (Å²) >= 11 is 0. The maximum atomic E-state index is 11.6. The molecule has 1 saturated heterocycles. The first-order valence-corrected chi connectivity index (χ1v) is 7.51. The zero-order valence-electron chi connectivity index (χ0n) is 12.9. The zero-order chi connectivity index (χ0) is 15.2. The van der Waals surface area contributed by atoms with Crippen LogP contribution in [-0.4, -0.2) is 55.5 Å². The lowest BCUT2D eigenvalue weighted by molar-refractivity contribution is -0.122. The highest BCUT2D eigenvalue weighted by Crippen LogP contribution is 2.21. The summed E-state index contributed by atoms with van der Waals surface area (Å²) in [4.78, 5) is 16.0. The number of nitrogens with two attached hydrogens (primary N) is 1. The molecule has 116 valence electrons. The van der Waals surface area contributed by atoms with Gasteiger partial charge >= 0.3 is 0 Å². The van der Waals surface area contributed by atoms with Crippen LogP contribution in [-0.2, 0) is 11.3 Å². The van der Waals surface area contributed by atoms with Crippen LogP contribution in [0.5, 0.6) is 5.75 Å². The van der Waals surface area contributed by atoms with Crippen LogP contribution < -0.4 is 10.5 Å². The van der Waals surface area contributed by atoms with Gasteiger partial charge in [-0.3, -0.25) is 9.69 Å². The van der Waals surface area contributed by atoms with Gasteiger partial charge in [0.25, 0.3) is 0 Å². The van der Waals surface area contributed by atoms with E-state index < -0.39 is 0 Å². The van der Waals surface area contributed by atoms with Crippen LogP contribution in [0, 0.1) is 5.92 Å².